The lowest BCUT2D eigenvalue weighted by atomic mass is 10.2. The molecule has 6 nitrogen and oxygen atoms in total. The highest BCUT2D eigenvalue weighted by molar-refractivity contribution is 6.33. The number of anilines is 2. The fourth-order valence-corrected chi connectivity index (χ4v) is 2.06. The second-order valence-electron chi connectivity index (χ2n) is 4.82. The van der Waals surface area contributed by atoms with Gasteiger partial charge in [-0.3, -0.25) is 4.79 Å². The average Bonchev–Trinajstić information content (AvgIpc) is 2.64. The molecule has 0 saturated heterocycles. The van der Waals surface area contributed by atoms with E-state index in [2.05, 4.69) is 15.4 Å². The lowest BCUT2D eigenvalue weighted by Gasteiger charge is -2.07. The predicted molar refractivity (Wildman–Crippen MR) is 95.2 cm³/mol. The maximum absolute atomic E-state index is 12.1. The number of nitriles is 1. The molecule has 126 valence electrons. The number of carbonyl (C=O) groups excluding carboxylic acids is 2. The van der Waals surface area contributed by atoms with Crippen LogP contribution in [-0.4, -0.2) is 19.0 Å². The molecule has 0 aliphatic heterocycles. The Labute approximate surface area is 149 Å². The Balaban J connectivity index is 2.07. The van der Waals surface area contributed by atoms with E-state index in [0.29, 0.717) is 22.0 Å². The van der Waals surface area contributed by atoms with Crippen molar-refractivity contribution < 1.29 is 14.3 Å². The number of benzene rings is 2. The standard InChI is InChI=1S/C18H14ClN3O3/c1-25-18(24)12-6-8-14(9-7-12)21-11-13(10-20)17(23)22-16-5-3-2-4-15(16)19/h2-9,11,21H,1H3,(H,22,23)/b13-11-. The molecule has 0 spiro atoms. The van der Waals surface area contributed by atoms with Gasteiger partial charge in [0.25, 0.3) is 5.91 Å². The summed E-state index contributed by atoms with van der Waals surface area (Å²) in [6, 6.07) is 14.9. The predicted octanol–water partition coefficient (Wildman–Crippen LogP) is 3.58. The zero-order valence-corrected chi connectivity index (χ0v) is 14.0. The fourth-order valence-electron chi connectivity index (χ4n) is 1.88. The van der Waals surface area contributed by atoms with E-state index in [1.807, 2.05) is 6.07 Å². The summed E-state index contributed by atoms with van der Waals surface area (Å²) in [4.78, 5) is 23.5. The molecule has 0 aliphatic carbocycles. The summed E-state index contributed by atoms with van der Waals surface area (Å²) in [7, 11) is 1.30. The van der Waals surface area contributed by atoms with E-state index in [0.717, 1.165) is 0 Å². The first-order valence-electron chi connectivity index (χ1n) is 7.16. The molecule has 0 fully saturated rings. The molecule has 0 heterocycles. The molecule has 0 radical (unpaired) electrons. The van der Waals surface area contributed by atoms with Crippen molar-refractivity contribution >= 4 is 34.9 Å². The minimum atomic E-state index is -0.589. The highest BCUT2D eigenvalue weighted by Gasteiger charge is 2.11. The third-order valence-corrected chi connectivity index (χ3v) is 3.51. The van der Waals surface area contributed by atoms with Gasteiger partial charge in [0.2, 0.25) is 0 Å². The van der Waals surface area contributed by atoms with E-state index >= 15 is 0 Å². The molecule has 2 N–H and O–H groups in total. The van der Waals surface area contributed by atoms with E-state index in [4.69, 9.17) is 16.9 Å². The third-order valence-electron chi connectivity index (χ3n) is 3.18. The van der Waals surface area contributed by atoms with E-state index in [9.17, 15) is 9.59 Å². The molecule has 2 rings (SSSR count). The van der Waals surface area contributed by atoms with Gasteiger partial charge in [-0.1, -0.05) is 23.7 Å². The first kappa shape index (κ1) is 18.0. The zero-order chi connectivity index (χ0) is 18.2. The van der Waals surface area contributed by atoms with Crippen LogP contribution in [0.5, 0.6) is 0 Å². The zero-order valence-electron chi connectivity index (χ0n) is 13.2. The van der Waals surface area contributed by atoms with Crippen molar-refractivity contribution in [1.82, 2.24) is 0 Å². The fraction of sp³-hybridized carbons (Fsp3) is 0.0556. The van der Waals surface area contributed by atoms with Crippen LogP contribution in [0.25, 0.3) is 0 Å². The molecule has 25 heavy (non-hydrogen) atoms. The Hall–Kier alpha value is -3.30. The van der Waals surface area contributed by atoms with Gasteiger partial charge in [0.1, 0.15) is 11.6 Å². The molecule has 0 unspecified atom stereocenters. The number of rotatable bonds is 5. The molecule has 7 heteroatoms. The van der Waals surface area contributed by atoms with Crippen LogP contribution in [0, 0.1) is 11.3 Å². The number of nitrogens with zero attached hydrogens (tertiary/aromatic N) is 1. The Bertz CT molecular complexity index is 855. The largest absolute Gasteiger partial charge is 0.465 e. The first-order chi connectivity index (χ1) is 12.0. The third kappa shape index (κ3) is 4.83. The maximum atomic E-state index is 12.1. The van der Waals surface area contributed by atoms with Crippen molar-refractivity contribution in [2.75, 3.05) is 17.7 Å². The second-order valence-corrected chi connectivity index (χ2v) is 5.22. The monoisotopic (exact) mass is 355 g/mol. The van der Waals surface area contributed by atoms with Crippen molar-refractivity contribution in [3.05, 3.63) is 70.9 Å². The summed E-state index contributed by atoms with van der Waals surface area (Å²) in [5.41, 5.74) is 1.29. The number of nitrogens with one attached hydrogen (secondary N) is 2. The summed E-state index contributed by atoms with van der Waals surface area (Å²) in [5, 5.41) is 14.9. The smallest absolute Gasteiger partial charge is 0.337 e. The van der Waals surface area contributed by atoms with Gasteiger partial charge in [0, 0.05) is 11.9 Å². The van der Waals surface area contributed by atoms with Gasteiger partial charge in [0.15, 0.2) is 0 Å². The number of esters is 1. The summed E-state index contributed by atoms with van der Waals surface area (Å²) in [6.07, 6.45) is 1.28. The quantitative estimate of drug-likeness (QED) is 0.486. The van der Waals surface area contributed by atoms with Crippen LogP contribution in [0.15, 0.2) is 60.3 Å². The number of carbonyl (C=O) groups is 2. The van der Waals surface area contributed by atoms with E-state index in [1.54, 1.807) is 48.5 Å². The number of hydrogen-bond donors (Lipinski definition) is 2. The highest BCUT2D eigenvalue weighted by atomic mass is 35.5. The van der Waals surface area contributed by atoms with Crippen LogP contribution in [0.2, 0.25) is 5.02 Å². The van der Waals surface area contributed by atoms with Crippen molar-refractivity contribution in [1.29, 1.82) is 5.26 Å². The molecule has 1 amide bonds. The van der Waals surface area contributed by atoms with E-state index in [-0.39, 0.29) is 5.57 Å². The number of ether oxygens (including phenoxy) is 1. The Morgan fingerprint density at radius 3 is 2.44 bits per heavy atom. The lowest BCUT2D eigenvalue weighted by molar-refractivity contribution is -0.112. The number of methoxy groups -OCH3 is 1. The molecule has 0 aliphatic rings. The Kier molecular flexibility index (Phi) is 6.15. The topological polar surface area (TPSA) is 91.2 Å². The molecule has 2 aromatic carbocycles. The van der Waals surface area contributed by atoms with Crippen LogP contribution in [0.4, 0.5) is 11.4 Å². The second kappa shape index (κ2) is 8.52. The molecule has 2 aromatic rings. The van der Waals surface area contributed by atoms with Crippen LogP contribution in [0.3, 0.4) is 0 Å². The van der Waals surface area contributed by atoms with Gasteiger partial charge >= 0.3 is 5.97 Å². The lowest BCUT2D eigenvalue weighted by Crippen LogP contribution is -2.14. The van der Waals surface area contributed by atoms with Crippen molar-refractivity contribution in [2.45, 2.75) is 0 Å². The molecule has 0 saturated carbocycles. The SMILES string of the molecule is COC(=O)c1ccc(N/C=C(/C#N)C(=O)Nc2ccccc2Cl)cc1. The minimum absolute atomic E-state index is 0.128. The molecular weight excluding hydrogens is 342 g/mol. The van der Waals surface area contributed by atoms with Crippen LogP contribution in [0.1, 0.15) is 10.4 Å². The average molecular weight is 356 g/mol. The van der Waals surface area contributed by atoms with Crippen LogP contribution >= 0.6 is 11.6 Å². The summed E-state index contributed by atoms with van der Waals surface area (Å²) >= 11 is 5.97. The molecule has 0 atom stereocenters. The van der Waals surface area contributed by atoms with Crippen LogP contribution in [-0.2, 0) is 9.53 Å². The van der Waals surface area contributed by atoms with E-state index in [1.165, 1.54) is 13.3 Å². The summed E-state index contributed by atoms with van der Waals surface area (Å²) in [5.74, 6) is -1.03. The van der Waals surface area contributed by atoms with Gasteiger partial charge in [-0.15, -0.1) is 0 Å². The highest BCUT2D eigenvalue weighted by Crippen LogP contribution is 2.21. The maximum Gasteiger partial charge on any atom is 0.337 e. The summed E-state index contributed by atoms with van der Waals surface area (Å²) in [6.45, 7) is 0. The number of halogens is 1. The van der Waals surface area contributed by atoms with Crippen molar-refractivity contribution in [3.63, 3.8) is 0 Å². The van der Waals surface area contributed by atoms with Gasteiger partial charge < -0.3 is 15.4 Å². The Morgan fingerprint density at radius 1 is 1.16 bits per heavy atom. The van der Waals surface area contributed by atoms with Crippen LogP contribution < -0.4 is 10.6 Å². The normalized spacial score (nSPS) is 10.5. The van der Waals surface area contributed by atoms with Crippen molar-refractivity contribution in [2.24, 2.45) is 0 Å². The molecule has 0 aromatic heterocycles. The number of hydrogen-bond acceptors (Lipinski definition) is 5. The minimum Gasteiger partial charge on any atom is -0.465 e. The Morgan fingerprint density at radius 2 is 1.84 bits per heavy atom. The molecular formula is C18H14ClN3O3. The van der Waals surface area contributed by atoms with Gasteiger partial charge in [-0.05, 0) is 36.4 Å². The van der Waals surface area contributed by atoms with Gasteiger partial charge in [0.05, 0.1) is 23.4 Å². The van der Waals surface area contributed by atoms with Crippen molar-refractivity contribution in [3.8, 4) is 6.07 Å². The first-order valence-corrected chi connectivity index (χ1v) is 7.54. The van der Waals surface area contributed by atoms with E-state index < -0.39 is 11.9 Å². The molecule has 0 bridgehead atoms. The summed E-state index contributed by atoms with van der Waals surface area (Å²) < 4.78 is 4.61. The number of amides is 1. The van der Waals surface area contributed by atoms with Gasteiger partial charge in [-0.2, -0.15) is 5.26 Å². The number of para-hydroxylation sites is 1. The van der Waals surface area contributed by atoms with Gasteiger partial charge in [-0.25, -0.2) is 4.79 Å².